The maximum Gasteiger partial charge on any atom is 0.0155 e. The van der Waals surface area contributed by atoms with E-state index < -0.39 is 0 Å². The zero-order valence-corrected chi connectivity index (χ0v) is 11.1. The summed E-state index contributed by atoms with van der Waals surface area (Å²) < 4.78 is 0. The van der Waals surface area contributed by atoms with Gasteiger partial charge in [0.1, 0.15) is 0 Å². The molecule has 86 valence electrons. The number of hydrogen-bond donors (Lipinski definition) is 0. The van der Waals surface area contributed by atoms with Crippen LogP contribution in [0.2, 0.25) is 0 Å². The highest BCUT2D eigenvalue weighted by Crippen LogP contribution is 2.25. The molecule has 0 saturated heterocycles. The molecule has 0 saturated carbocycles. The van der Waals surface area contributed by atoms with Gasteiger partial charge in [-0.25, -0.2) is 0 Å². The first-order chi connectivity index (χ1) is 7.45. The topological polar surface area (TPSA) is 0 Å². The Balaban J connectivity index is 2.81. The zero-order valence-electron chi connectivity index (χ0n) is 11.1. The van der Waals surface area contributed by atoms with Crippen molar-refractivity contribution >= 4 is 0 Å². The van der Waals surface area contributed by atoms with Crippen LogP contribution in [0.5, 0.6) is 0 Å². The van der Waals surface area contributed by atoms with E-state index in [1.165, 1.54) is 11.1 Å². The fraction of sp³-hybridized carbons (Fsp3) is 0.500. The predicted octanol–water partition coefficient (Wildman–Crippen LogP) is 4.50. The maximum absolute atomic E-state index is 3.14. The van der Waals surface area contributed by atoms with Crippen LogP contribution in [0.25, 0.3) is 0 Å². The van der Waals surface area contributed by atoms with Crippen molar-refractivity contribution in [3.63, 3.8) is 0 Å². The average molecular weight is 214 g/mol. The van der Waals surface area contributed by atoms with E-state index in [9.17, 15) is 0 Å². The smallest absolute Gasteiger partial charge is 0.0155 e. The van der Waals surface area contributed by atoms with E-state index in [1.807, 2.05) is 6.92 Å². The Labute approximate surface area is 100 Å². The molecule has 0 heteroatoms. The highest BCUT2D eigenvalue weighted by Gasteiger charge is 2.13. The molecule has 0 aliphatic heterocycles. The first-order valence-electron chi connectivity index (χ1n) is 5.95. The summed E-state index contributed by atoms with van der Waals surface area (Å²) in [7, 11) is 0. The number of benzene rings is 1. The van der Waals surface area contributed by atoms with Gasteiger partial charge in [-0.15, -0.1) is 11.8 Å². The van der Waals surface area contributed by atoms with E-state index in [1.54, 1.807) is 0 Å². The SMILES string of the molecule is CC#CCC(C)c1ccc(C(C)(C)C)cc1. The third-order valence-corrected chi connectivity index (χ3v) is 2.93. The Kier molecular flexibility index (Phi) is 4.19. The Morgan fingerprint density at radius 2 is 1.69 bits per heavy atom. The van der Waals surface area contributed by atoms with Crippen LogP contribution >= 0.6 is 0 Å². The van der Waals surface area contributed by atoms with Crippen molar-refractivity contribution in [3.8, 4) is 11.8 Å². The minimum atomic E-state index is 0.241. The molecular weight excluding hydrogens is 192 g/mol. The molecule has 0 bridgehead atoms. The van der Waals surface area contributed by atoms with E-state index in [4.69, 9.17) is 0 Å². The van der Waals surface area contributed by atoms with Crippen LogP contribution in [-0.2, 0) is 5.41 Å². The molecule has 1 unspecified atom stereocenters. The molecule has 1 rings (SSSR count). The normalized spacial score (nSPS) is 12.8. The second-order valence-electron chi connectivity index (χ2n) is 5.40. The first-order valence-corrected chi connectivity index (χ1v) is 5.95. The third kappa shape index (κ3) is 3.42. The summed E-state index contributed by atoms with van der Waals surface area (Å²) in [6.07, 6.45) is 0.950. The largest absolute Gasteiger partial charge is 0.107 e. The molecule has 1 aromatic rings. The van der Waals surface area contributed by atoms with Gasteiger partial charge < -0.3 is 0 Å². The number of hydrogen-bond acceptors (Lipinski definition) is 0. The standard InChI is InChI=1S/C16H22/c1-6-7-8-13(2)14-9-11-15(12-10-14)16(3,4)5/h9-13H,8H2,1-5H3. The molecule has 0 aliphatic carbocycles. The zero-order chi connectivity index (χ0) is 12.2. The lowest BCUT2D eigenvalue weighted by molar-refractivity contribution is 0.589. The van der Waals surface area contributed by atoms with Crippen LogP contribution in [0.1, 0.15) is 58.1 Å². The third-order valence-electron chi connectivity index (χ3n) is 2.93. The van der Waals surface area contributed by atoms with E-state index in [-0.39, 0.29) is 5.41 Å². The second kappa shape index (κ2) is 5.21. The molecule has 0 aromatic heterocycles. The van der Waals surface area contributed by atoms with Crippen LogP contribution in [0, 0.1) is 11.8 Å². The Bertz CT molecular complexity index is 379. The highest BCUT2D eigenvalue weighted by molar-refractivity contribution is 5.29. The van der Waals surface area contributed by atoms with Crippen LogP contribution in [-0.4, -0.2) is 0 Å². The fourth-order valence-electron chi connectivity index (χ4n) is 1.68. The van der Waals surface area contributed by atoms with Gasteiger partial charge in [0.05, 0.1) is 0 Å². The van der Waals surface area contributed by atoms with Gasteiger partial charge in [0.15, 0.2) is 0 Å². The molecule has 0 nitrogen and oxygen atoms in total. The lowest BCUT2D eigenvalue weighted by atomic mass is 9.85. The van der Waals surface area contributed by atoms with Gasteiger partial charge in [0, 0.05) is 6.42 Å². The lowest BCUT2D eigenvalue weighted by Gasteiger charge is -2.20. The monoisotopic (exact) mass is 214 g/mol. The van der Waals surface area contributed by atoms with Crippen LogP contribution in [0.15, 0.2) is 24.3 Å². The summed E-state index contributed by atoms with van der Waals surface area (Å²) in [5.74, 6) is 6.62. The van der Waals surface area contributed by atoms with Crippen molar-refractivity contribution in [1.82, 2.24) is 0 Å². The number of rotatable bonds is 2. The van der Waals surface area contributed by atoms with Crippen molar-refractivity contribution in [2.45, 2.75) is 52.4 Å². The van der Waals surface area contributed by atoms with Gasteiger partial charge >= 0.3 is 0 Å². The van der Waals surface area contributed by atoms with Gasteiger partial charge in [-0.2, -0.15) is 0 Å². The summed E-state index contributed by atoms with van der Waals surface area (Å²) in [5, 5.41) is 0. The summed E-state index contributed by atoms with van der Waals surface area (Å²) in [6, 6.07) is 8.96. The lowest BCUT2D eigenvalue weighted by Crippen LogP contribution is -2.10. The molecular formula is C16H22. The van der Waals surface area contributed by atoms with Gasteiger partial charge in [-0.1, -0.05) is 52.0 Å². The molecule has 1 aromatic carbocycles. The Morgan fingerprint density at radius 1 is 1.12 bits per heavy atom. The summed E-state index contributed by atoms with van der Waals surface area (Å²) >= 11 is 0. The van der Waals surface area contributed by atoms with Crippen LogP contribution in [0.3, 0.4) is 0 Å². The van der Waals surface area contributed by atoms with Gasteiger partial charge in [0.2, 0.25) is 0 Å². The fourth-order valence-corrected chi connectivity index (χ4v) is 1.68. The van der Waals surface area contributed by atoms with Gasteiger partial charge in [-0.3, -0.25) is 0 Å². The van der Waals surface area contributed by atoms with Gasteiger partial charge in [0.25, 0.3) is 0 Å². The molecule has 0 amide bonds. The minimum absolute atomic E-state index is 0.241. The Morgan fingerprint density at radius 3 is 2.12 bits per heavy atom. The predicted molar refractivity (Wildman–Crippen MR) is 71.6 cm³/mol. The van der Waals surface area contributed by atoms with E-state index in [2.05, 4.69) is 63.8 Å². The van der Waals surface area contributed by atoms with E-state index >= 15 is 0 Å². The Hall–Kier alpha value is -1.22. The van der Waals surface area contributed by atoms with Crippen molar-refractivity contribution in [1.29, 1.82) is 0 Å². The molecule has 0 N–H and O–H groups in total. The molecule has 0 spiro atoms. The van der Waals surface area contributed by atoms with E-state index in [0.717, 1.165) is 6.42 Å². The summed E-state index contributed by atoms with van der Waals surface area (Å²) in [6.45, 7) is 10.9. The molecule has 0 aliphatic rings. The van der Waals surface area contributed by atoms with Crippen LogP contribution < -0.4 is 0 Å². The highest BCUT2D eigenvalue weighted by atomic mass is 14.2. The molecule has 0 fully saturated rings. The van der Waals surface area contributed by atoms with Gasteiger partial charge in [-0.05, 0) is 29.4 Å². The quantitative estimate of drug-likeness (QED) is 0.636. The summed E-state index contributed by atoms with van der Waals surface area (Å²) in [4.78, 5) is 0. The van der Waals surface area contributed by atoms with Crippen molar-refractivity contribution in [2.24, 2.45) is 0 Å². The molecule has 1 atom stereocenters. The van der Waals surface area contributed by atoms with E-state index in [0.29, 0.717) is 5.92 Å². The van der Waals surface area contributed by atoms with Crippen LogP contribution in [0.4, 0.5) is 0 Å². The average Bonchev–Trinajstić information content (AvgIpc) is 2.25. The molecule has 0 radical (unpaired) electrons. The maximum atomic E-state index is 3.14. The second-order valence-corrected chi connectivity index (χ2v) is 5.40. The minimum Gasteiger partial charge on any atom is -0.107 e. The first kappa shape index (κ1) is 12.8. The summed E-state index contributed by atoms with van der Waals surface area (Å²) in [5.41, 5.74) is 3.02. The molecule has 16 heavy (non-hydrogen) atoms. The molecule has 0 heterocycles. The van der Waals surface area contributed by atoms with Crippen molar-refractivity contribution < 1.29 is 0 Å². The van der Waals surface area contributed by atoms with Crippen molar-refractivity contribution in [3.05, 3.63) is 35.4 Å². The van der Waals surface area contributed by atoms with Crippen molar-refractivity contribution in [2.75, 3.05) is 0 Å².